The Morgan fingerprint density at radius 2 is 2.12 bits per heavy atom. The van der Waals surface area contributed by atoms with Gasteiger partial charge in [-0.3, -0.25) is 0 Å². The molecule has 3 heteroatoms. The molecule has 1 unspecified atom stereocenters. The van der Waals surface area contributed by atoms with Crippen molar-refractivity contribution in [2.75, 3.05) is 0 Å². The first-order chi connectivity index (χ1) is 8.30. The van der Waals surface area contributed by atoms with Gasteiger partial charge in [-0.25, -0.2) is 0 Å². The summed E-state index contributed by atoms with van der Waals surface area (Å²) in [5.41, 5.74) is 0. The minimum absolute atomic E-state index is 0.391. The van der Waals surface area contributed by atoms with Crippen molar-refractivity contribution in [2.24, 2.45) is 0 Å². The minimum Gasteiger partial charge on any atom is -0.449 e. The Bertz CT molecular complexity index is 351. The van der Waals surface area contributed by atoms with Crippen LogP contribution >= 0.6 is 0 Å². The van der Waals surface area contributed by atoms with E-state index in [2.05, 4.69) is 19.2 Å². The number of hydrogen-bond donors (Lipinski definition) is 1. The van der Waals surface area contributed by atoms with Gasteiger partial charge in [0.15, 0.2) is 0 Å². The molecule has 1 atom stereocenters. The number of hydrogen-bond acceptors (Lipinski definition) is 3. The van der Waals surface area contributed by atoms with Crippen LogP contribution in [0, 0.1) is 11.3 Å². The van der Waals surface area contributed by atoms with E-state index in [4.69, 9.17) is 9.68 Å². The maximum absolute atomic E-state index is 8.66. The van der Waals surface area contributed by atoms with Crippen LogP contribution in [0.15, 0.2) is 16.5 Å². The number of nitriles is 1. The van der Waals surface area contributed by atoms with Crippen molar-refractivity contribution in [3.8, 4) is 6.07 Å². The van der Waals surface area contributed by atoms with Crippen molar-refractivity contribution in [1.29, 1.82) is 5.26 Å². The molecule has 3 nitrogen and oxygen atoms in total. The molecule has 0 aromatic carbocycles. The molecule has 0 radical (unpaired) electrons. The van der Waals surface area contributed by atoms with Gasteiger partial charge < -0.3 is 9.73 Å². The summed E-state index contributed by atoms with van der Waals surface area (Å²) >= 11 is 0. The molecule has 17 heavy (non-hydrogen) atoms. The van der Waals surface area contributed by atoms with Gasteiger partial charge in [-0.2, -0.15) is 5.26 Å². The van der Waals surface area contributed by atoms with Crippen LogP contribution in [0.2, 0.25) is 0 Å². The summed E-state index contributed by atoms with van der Waals surface area (Å²) in [7, 11) is 0. The fraction of sp³-hybridized carbons (Fsp3) is 0.643. The zero-order valence-corrected chi connectivity index (χ0v) is 10.8. The lowest BCUT2D eigenvalue weighted by molar-refractivity contribution is 0.399. The first-order valence-electron chi connectivity index (χ1n) is 6.52. The van der Waals surface area contributed by atoms with Crippen LogP contribution in [0.3, 0.4) is 0 Å². The molecule has 0 aliphatic rings. The third-order valence-electron chi connectivity index (χ3n) is 2.88. The van der Waals surface area contributed by atoms with E-state index >= 15 is 0 Å². The van der Waals surface area contributed by atoms with Gasteiger partial charge in [0.2, 0.25) is 5.76 Å². The standard InChI is InChI=1S/C14H22N2O/c1-3-5-7-12(6-4-2)16-11-14-9-8-13(10-15)17-14/h8-9,12,16H,3-7,11H2,1-2H3. The molecule has 0 saturated heterocycles. The normalized spacial score (nSPS) is 12.3. The Balaban J connectivity index is 2.37. The van der Waals surface area contributed by atoms with Crippen LogP contribution in [-0.2, 0) is 6.54 Å². The topological polar surface area (TPSA) is 49.0 Å². The molecule has 1 N–H and O–H groups in total. The van der Waals surface area contributed by atoms with E-state index in [0.717, 1.165) is 12.3 Å². The summed E-state index contributed by atoms with van der Waals surface area (Å²) in [6.07, 6.45) is 6.12. The molecule has 1 aromatic heterocycles. The summed E-state index contributed by atoms with van der Waals surface area (Å²) in [6, 6.07) is 6.15. The van der Waals surface area contributed by atoms with Gasteiger partial charge >= 0.3 is 0 Å². The van der Waals surface area contributed by atoms with E-state index in [9.17, 15) is 0 Å². The molecule has 0 spiro atoms. The molecule has 0 aliphatic heterocycles. The van der Waals surface area contributed by atoms with Crippen molar-refractivity contribution in [3.63, 3.8) is 0 Å². The molecule has 1 aromatic rings. The molecule has 0 bridgehead atoms. The monoisotopic (exact) mass is 234 g/mol. The largest absolute Gasteiger partial charge is 0.449 e. The third-order valence-corrected chi connectivity index (χ3v) is 2.88. The van der Waals surface area contributed by atoms with E-state index in [1.54, 1.807) is 6.07 Å². The Morgan fingerprint density at radius 1 is 1.29 bits per heavy atom. The molecule has 0 aliphatic carbocycles. The lowest BCUT2D eigenvalue weighted by atomic mass is 10.1. The van der Waals surface area contributed by atoms with Gasteiger partial charge in [0.05, 0.1) is 6.54 Å². The number of nitrogens with zero attached hydrogens (tertiary/aromatic N) is 1. The van der Waals surface area contributed by atoms with Crippen molar-refractivity contribution in [3.05, 3.63) is 23.7 Å². The highest BCUT2D eigenvalue weighted by Gasteiger charge is 2.08. The third kappa shape index (κ3) is 5.06. The van der Waals surface area contributed by atoms with Gasteiger partial charge in [0, 0.05) is 6.04 Å². The minimum atomic E-state index is 0.391. The van der Waals surface area contributed by atoms with Gasteiger partial charge in [-0.1, -0.05) is 33.1 Å². The Labute approximate surface area is 104 Å². The Morgan fingerprint density at radius 3 is 2.71 bits per heavy atom. The van der Waals surface area contributed by atoms with Gasteiger partial charge in [-0.05, 0) is 25.0 Å². The quantitative estimate of drug-likeness (QED) is 0.747. The van der Waals surface area contributed by atoms with E-state index in [1.807, 2.05) is 12.1 Å². The van der Waals surface area contributed by atoms with E-state index in [1.165, 1.54) is 32.1 Å². The second-order valence-corrected chi connectivity index (χ2v) is 4.39. The summed E-state index contributed by atoms with van der Waals surface area (Å²) in [6.45, 7) is 5.14. The van der Waals surface area contributed by atoms with Gasteiger partial charge in [0.1, 0.15) is 11.8 Å². The molecule has 0 amide bonds. The number of unbranched alkanes of at least 4 members (excludes halogenated alkanes) is 1. The van der Waals surface area contributed by atoms with Crippen LogP contribution in [0.1, 0.15) is 57.5 Å². The molecule has 0 saturated carbocycles. The van der Waals surface area contributed by atoms with Gasteiger partial charge in [-0.15, -0.1) is 0 Å². The second kappa shape index (κ2) is 7.92. The first kappa shape index (κ1) is 13.8. The highest BCUT2D eigenvalue weighted by molar-refractivity contribution is 5.18. The second-order valence-electron chi connectivity index (χ2n) is 4.39. The molecular weight excluding hydrogens is 212 g/mol. The maximum Gasteiger partial charge on any atom is 0.203 e. The van der Waals surface area contributed by atoms with Crippen LogP contribution in [0.5, 0.6) is 0 Å². The molecule has 1 rings (SSSR count). The Kier molecular flexibility index (Phi) is 6.42. The predicted octanol–water partition coefficient (Wildman–Crippen LogP) is 3.60. The number of nitrogens with one attached hydrogen (secondary N) is 1. The summed E-state index contributed by atoms with van der Waals surface area (Å²) < 4.78 is 5.34. The lowest BCUT2D eigenvalue weighted by Crippen LogP contribution is -2.28. The SMILES string of the molecule is CCCCC(CCC)NCc1ccc(C#N)o1. The maximum atomic E-state index is 8.66. The lowest BCUT2D eigenvalue weighted by Gasteiger charge is -2.16. The fourth-order valence-corrected chi connectivity index (χ4v) is 1.93. The van der Waals surface area contributed by atoms with Crippen molar-refractivity contribution in [2.45, 2.75) is 58.5 Å². The summed E-state index contributed by atoms with van der Waals surface area (Å²) in [5, 5.41) is 12.2. The summed E-state index contributed by atoms with van der Waals surface area (Å²) in [4.78, 5) is 0. The Hall–Kier alpha value is -1.27. The smallest absolute Gasteiger partial charge is 0.203 e. The first-order valence-corrected chi connectivity index (χ1v) is 6.52. The molecule has 94 valence electrons. The summed E-state index contributed by atoms with van der Waals surface area (Å²) in [5.74, 6) is 1.24. The zero-order chi connectivity index (χ0) is 12.5. The molecule has 0 fully saturated rings. The highest BCUT2D eigenvalue weighted by Crippen LogP contribution is 2.10. The molecular formula is C14H22N2O. The van der Waals surface area contributed by atoms with Crippen LogP contribution in [0.25, 0.3) is 0 Å². The molecule has 1 heterocycles. The average Bonchev–Trinajstić information content (AvgIpc) is 2.80. The van der Waals surface area contributed by atoms with Crippen LogP contribution in [0.4, 0.5) is 0 Å². The van der Waals surface area contributed by atoms with E-state index in [-0.39, 0.29) is 0 Å². The fourth-order valence-electron chi connectivity index (χ4n) is 1.93. The van der Waals surface area contributed by atoms with Crippen molar-refractivity contribution >= 4 is 0 Å². The average molecular weight is 234 g/mol. The van der Waals surface area contributed by atoms with E-state index in [0.29, 0.717) is 11.8 Å². The number of furan rings is 1. The number of rotatable bonds is 8. The van der Waals surface area contributed by atoms with E-state index < -0.39 is 0 Å². The highest BCUT2D eigenvalue weighted by atomic mass is 16.3. The van der Waals surface area contributed by atoms with Gasteiger partial charge in [0.25, 0.3) is 0 Å². The zero-order valence-electron chi connectivity index (χ0n) is 10.8. The van der Waals surface area contributed by atoms with Crippen molar-refractivity contribution in [1.82, 2.24) is 5.32 Å². The van der Waals surface area contributed by atoms with Crippen molar-refractivity contribution < 1.29 is 4.42 Å². The van der Waals surface area contributed by atoms with Crippen LogP contribution in [-0.4, -0.2) is 6.04 Å². The van der Waals surface area contributed by atoms with Crippen LogP contribution < -0.4 is 5.32 Å². The predicted molar refractivity (Wildman–Crippen MR) is 68.5 cm³/mol.